The lowest BCUT2D eigenvalue weighted by molar-refractivity contribution is -0.142. The van der Waals surface area contributed by atoms with E-state index < -0.39 is 0 Å². The van der Waals surface area contributed by atoms with Crippen molar-refractivity contribution in [2.45, 2.75) is 20.4 Å². The van der Waals surface area contributed by atoms with E-state index in [-0.39, 0.29) is 12.5 Å². The van der Waals surface area contributed by atoms with E-state index in [1.165, 1.54) is 22.9 Å². The van der Waals surface area contributed by atoms with Gasteiger partial charge in [-0.1, -0.05) is 41.4 Å². The molecule has 7 heteroatoms. The van der Waals surface area contributed by atoms with E-state index in [0.29, 0.717) is 16.7 Å². The molecule has 0 saturated carbocycles. The smallest absolute Gasteiger partial charge is 0.328 e. The zero-order valence-electron chi connectivity index (χ0n) is 14.8. The lowest BCUT2D eigenvalue weighted by Crippen LogP contribution is -2.15. The maximum absolute atomic E-state index is 12.0. The van der Waals surface area contributed by atoms with E-state index >= 15 is 0 Å². The van der Waals surface area contributed by atoms with E-state index in [4.69, 9.17) is 16.3 Å². The fourth-order valence-electron chi connectivity index (χ4n) is 2.62. The molecule has 0 aliphatic carbocycles. The van der Waals surface area contributed by atoms with Crippen molar-refractivity contribution >= 4 is 40.7 Å². The van der Waals surface area contributed by atoms with Gasteiger partial charge in [0.25, 0.3) is 0 Å². The van der Waals surface area contributed by atoms with Crippen molar-refractivity contribution in [3.8, 4) is 21.0 Å². The van der Waals surface area contributed by atoms with E-state index in [2.05, 4.69) is 36.3 Å². The van der Waals surface area contributed by atoms with Crippen molar-refractivity contribution in [3.63, 3.8) is 0 Å². The third-order valence-electron chi connectivity index (χ3n) is 3.81. The number of carbonyl (C=O) groups is 1. The van der Waals surface area contributed by atoms with Crippen molar-refractivity contribution in [1.82, 2.24) is 9.78 Å². The Morgan fingerprint density at radius 3 is 2.77 bits per heavy atom. The Hall–Kier alpha value is -1.76. The number of aromatic nitrogens is 2. The first kappa shape index (κ1) is 19.0. The van der Waals surface area contributed by atoms with Crippen LogP contribution >= 0.6 is 34.7 Å². The van der Waals surface area contributed by atoms with Crippen LogP contribution in [0.25, 0.3) is 21.0 Å². The summed E-state index contributed by atoms with van der Waals surface area (Å²) in [6, 6.07) is 12.5. The summed E-state index contributed by atoms with van der Waals surface area (Å²) in [5, 5.41) is 4.98. The van der Waals surface area contributed by atoms with Crippen LogP contribution in [0.4, 0.5) is 0 Å². The minimum absolute atomic E-state index is 0.0428. The highest BCUT2D eigenvalue weighted by Crippen LogP contribution is 2.38. The topological polar surface area (TPSA) is 44.1 Å². The summed E-state index contributed by atoms with van der Waals surface area (Å²) < 4.78 is 6.78. The van der Waals surface area contributed by atoms with Crippen molar-refractivity contribution in [3.05, 3.63) is 52.7 Å². The molecule has 0 fully saturated rings. The highest BCUT2D eigenvalue weighted by atomic mass is 35.5. The van der Waals surface area contributed by atoms with Crippen LogP contribution in [0.3, 0.4) is 0 Å². The Morgan fingerprint density at radius 1 is 1.27 bits per heavy atom. The summed E-state index contributed by atoms with van der Waals surface area (Å²) in [5.41, 5.74) is 3.84. The van der Waals surface area contributed by atoms with E-state index in [1.54, 1.807) is 16.0 Å². The molecular weight excluding hydrogens is 388 g/mol. The SMILES string of the molecule is CSCOC(=O)Cn1nc(C)c(Cl)c1-c1ccc(-c2cccc(C)c2)s1. The van der Waals surface area contributed by atoms with Crippen LogP contribution in [0.5, 0.6) is 0 Å². The molecule has 0 saturated heterocycles. The molecular formula is C19H19ClN2O2S2. The molecule has 136 valence electrons. The largest absolute Gasteiger partial charge is 0.453 e. The number of halogens is 1. The average molecular weight is 407 g/mol. The predicted molar refractivity (Wildman–Crippen MR) is 110 cm³/mol. The van der Waals surface area contributed by atoms with Gasteiger partial charge < -0.3 is 4.74 Å². The van der Waals surface area contributed by atoms with Crippen LogP contribution in [0, 0.1) is 13.8 Å². The summed E-state index contributed by atoms with van der Waals surface area (Å²) in [7, 11) is 0. The van der Waals surface area contributed by atoms with Crippen molar-refractivity contribution in [2.24, 2.45) is 0 Å². The van der Waals surface area contributed by atoms with Gasteiger partial charge >= 0.3 is 5.97 Å². The number of hydrogen-bond acceptors (Lipinski definition) is 5. The molecule has 4 nitrogen and oxygen atoms in total. The van der Waals surface area contributed by atoms with Crippen LogP contribution in [0.15, 0.2) is 36.4 Å². The Kier molecular flexibility index (Phi) is 6.06. The molecule has 0 unspecified atom stereocenters. The van der Waals surface area contributed by atoms with Gasteiger partial charge in [0.15, 0.2) is 0 Å². The van der Waals surface area contributed by atoms with Crippen LogP contribution in [0.2, 0.25) is 5.02 Å². The summed E-state index contributed by atoms with van der Waals surface area (Å²) >= 11 is 9.57. The van der Waals surface area contributed by atoms with Crippen LogP contribution in [-0.4, -0.2) is 27.9 Å². The van der Waals surface area contributed by atoms with Crippen molar-refractivity contribution in [1.29, 1.82) is 0 Å². The summed E-state index contributed by atoms with van der Waals surface area (Å²) in [6.07, 6.45) is 1.88. The first-order valence-corrected chi connectivity index (χ1v) is 10.6. The van der Waals surface area contributed by atoms with E-state index in [9.17, 15) is 4.79 Å². The van der Waals surface area contributed by atoms with Crippen molar-refractivity contribution < 1.29 is 9.53 Å². The lowest BCUT2D eigenvalue weighted by Gasteiger charge is -2.06. The maximum Gasteiger partial charge on any atom is 0.328 e. The van der Waals surface area contributed by atoms with Crippen molar-refractivity contribution in [2.75, 3.05) is 12.2 Å². The quantitative estimate of drug-likeness (QED) is 0.405. The molecule has 3 aromatic rings. The highest BCUT2D eigenvalue weighted by Gasteiger charge is 2.19. The van der Waals surface area contributed by atoms with Gasteiger partial charge in [-0.3, -0.25) is 9.48 Å². The number of rotatable bonds is 6. The minimum Gasteiger partial charge on any atom is -0.453 e. The van der Waals surface area contributed by atoms with Gasteiger partial charge in [-0.15, -0.1) is 23.1 Å². The average Bonchev–Trinajstić information content (AvgIpc) is 3.18. The molecule has 26 heavy (non-hydrogen) atoms. The molecule has 0 aliphatic heterocycles. The highest BCUT2D eigenvalue weighted by molar-refractivity contribution is 7.98. The van der Waals surface area contributed by atoms with Crippen LogP contribution in [0.1, 0.15) is 11.3 Å². The second kappa shape index (κ2) is 8.29. The fraction of sp³-hybridized carbons (Fsp3) is 0.263. The molecule has 0 N–H and O–H groups in total. The molecule has 0 bridgehead atoms. The molecule has 0 atom stereocenters. The summed E-state index contributed by atoms with van der Waals surface area (Å²) in [5.74, 6) is 0.00814. The maximum atomic E-state index is 12.0. The number of thioether (sulfide) groups is 1. The molecule has 0 radical (unpaired) electrons. The first-order chi connectivity index (χ1) is 12.5. The zero-order chi connectivity index (χ0) is 18.7. The van der Waals surface area contributed by atoms with Crippen LogP contribution < -0.4 is 0 Å². The number of thiophene rings is 1. The second-order valence-corrected chi connectivity index (χ2v) is 8.14. The molecule has 0 aliphatic rings. The summed E-state index contributed by atoms with van der Waals surface area (Å²) in [6.45, 7) is 3.96. The fourth-order valence-corrected chi connectivity index (χ4v) is 4.22. The van der Waals surface area contributed by atoms with Gasteiger partial charge in [0.2, 0.25) is 0 Å². The Morgan fingerprint density at radius 2 is 2.04 bits per heavy atom. The molecule has 2 heterocycles. The van der Waals surface area contributed by atoms with Gasteiger partial charge in [0, 0.05) is 4.88 Å². The third-order valence-corrected chi connectivity index (χ3v) is 5.76. The molecule has 1 aromatic carbocycles. The van der Waals surface area contributed by atoms with E-state index in [0.717, 1.165) is 15.4 Å². The Bertz CT molecular complexity index is 934. The van der Waals surface area contributed by atoms with Gasteiger partial charge in [-0.05, 0) is 37.8 Å². The number of carbonyl (C=O) groups excluding carboxylic acids is 1. The molecule has 2 aromatic heterocycles. The summed E-state index contributed by atoms with van der Waals surface area (Å²) in [4.78, 5) is 14.1. The first-order valence-electron chi connectivity index (χ1n) is 8.04. The molecule has 0 amide bonds. The monoisotopic (exact) mass is 406 g/mol. The number of hydrogen-bond donors (Lipinski definition) is 0. The number of ether oxygens (including phenoxy) is 1. The van der Waals surface area contributed by atoms with Gasteiger partial charge in [-0.2, -0.15) is 5.10 Å². The predicted octanol–water partition coefficient (Wildman–Crippen LogP) is 5.41. The normalized spacial score (nSPS) is 10.9. The Labute approximate surface area is 166 Å². The van der Waals surface area contributed by atoms with Gasteiger partial charge in [0.1, 0.15) is 12.5 Å². The number of benzene rings is 1. The zero-order valence-corrected chi connectivity index (χ0v) is 17.2. The Balaban J connectivity index is 1.93. The standard InChI is InChI=1S/C19H19ClN2O2S2/c1-12-5-4-6-14(9-12)15-7-8-16(26-15)19-18(20)13(2)21-22(19)10-17(23)24-11-25-3/h4-9H,10-11H2,1-3H3. The second-order valence-electron chi connectivity index (χ2n) is 5.86. The minimum atomic E-state index is -0.324. The molecule has 3 rings (SSSR count). The number of aryl methyl sites for hydroxylation is 2. The van der Waals surface area contributed by atoms with E-state index in [1.807, 2.05) is 25.3 Å². The lowest BCUT2D eigenvalue weighted by atomic mass is 10.1. The molecule has 0 spiro atoms. The number of nitrogens with zero attached hydrogens (tertiary/aromatic N) is 2. The van der Waals surface area contributed by atoms with Gasteiger partial charge in [-0.25, -0.2) is 0 Å². The van der Waals surface area contributed by atoms with Gasteiger partial charge in [0.05, 0.1) is 21.3 Å². The van der Waals surface area contributed by atoms with Crippen LogP contribution in [-0.2, 0) is 16.1 Å². The number of esters is 1. The third kappa shape index (κ3) is 4.14.